The molecule has 2 atom stereocenters. The van der Waals surface area contributed by atoms with E-state index in [1.165, 1.54) is 11.1 Å². The van der Waals surface area contributed by atoms with Gasteiger partial charge in [-0.25, -0.2) is 4.39 Å². The molecule has 4 nitrogen and oxygen atoms in total. The predicted octanol–water partition coefficient (Wildman–Crippen LogP) is 5.42. The highest BCUT2D eigenvalue weighted by Gasteiger charge is 2.38. The van der Waals surface area contributed by atoms with Crippen molar-refractivity contribution in [3.05, 3.63) is 57.7 Å². The van der Waals surface area contributed by atoms with Gasteiger partial charge in [-0.05, 0) is 56.5 Å². The Morgan fingerprint density at radius 3 is 2.75 bits per heavy atom. The summed E-state index contributed by atoms with van der Waals surface area (Å²) in [4.78, 5) is 2.26. The Hall–Kier alpha value is -1.92. The lowest BCUT2D eigenvalue weighted by molar-refractivity contribution is 0.0672. The van der Waals surface area contributed by atoms with Crippen LogP contribution in [0.2, 0.25) is 0 Å². The van der Waals surface area contributed by atoms with Crippen molar-refractivity contribution in [2.24, 2.45) is 0 Å². The Morgan fingerprint density at radius 2 is 2.04 bits per heavy atom. The van der Waals surface area contributed by atoms with Crippen molar-refractivity contribution >= 4 is 26.8 Å². The summed E-state index contributed by atoms with van der Waals surface area (Å²) in [5.41, 5.74) is 3.25. The van der Waals surface area contributed by atoms with Crippen LogP contribution in [0.25, 0.3) is 10.9 Å². The van der Waals surface area contributed by atoms with Crippen LogP contribution in [0.5, 0.6) is 5.75 Å². The second kappa shape index (κ2) is 7.16. The van der Waals surface area contributed by atoms with Gasteiger partial charge in [0.15, 0.2) is 0 Å². The van der Waals surface area contributed by atoms with Gasteiger partial charge in [0.25, 0.3) is 0 Å². The maximum absolute atomic E-state index is 14.8. The molecule has 1 aromatic heterocycles. The van der Waals surface area contributed by atoms with Crippen molar-refractivity contribution in [2.75, 3.05) is 13.7 Å². The molecule has 1 aliphatic rings. The van der Waals surface area contributed by atoms with E-state index in [4.69, 9.17) is 4.74 Å². The first-order valence-electron chi connectivity index (χ1n) is 9.51. The summed E-state index contributed by atoms with van der Waals surface area (Å²) in [5, 5.41) is 8.43. The molecule has 2 aromatic carbocycles. The van der Waals surface area contributed by atoms with Crippen molar-refractivity contribution in [2.45, 2.75) is 44.9 Å². The minimum Gasteiger partial charge on any atom is -0.496 e. The van der Waals surface area contributed by atoms with Gasteiger partial charge in [-0.2, -0.15) is 5.10 Å². The summed E-state index contributed by atoms with van der Waals surface area (Å²) in [6.45, 7) is 5.81. The van der Waals surface area contributed by atoms with Gasteiger partial charge in [-0.15, -0.1) is 0 Å². The number of H-pyrrole nitrogens is 1. The van der Waals surface area contributed by atoms with Crippen molar-refractivity contribution in [3.63, 3.8) is 0 Å². The number of rotatable bonds is 4. The van der Waals surface area contributed by atoms with Gasteiger partial charge in [0.2, 0.25) is 0 Å². The van der Waals surface area contributed by atoms with Gasteiger partial charge in [0.1, 0.15) is 11.4 Å². The summed E-state index contributed by atoms with van der Waals surface area (Å²) >= 11 is 3.53. The zero-order chi connectivity index (χ0) is 20.1. The van der Waals surface area contributed by atoms with E-state index in [2.05, 4.69) is 56.2 Å². The van der Waals surface area contributed by atoms with E-state index >= 15 is 0 Å². The average molecular weight is 446 g/mol. The maximum atomic E-state index is 14.8. The zero-order valence-corrected chi connectivity index (χ0v) is 18.2. The second-order valence-electron chi connectivity index (χ2n) is 8.20. The molecule has 2 heterocycles. The number of hydrogen-bond acceptors (Lipinski definition) is 3. The Balaban J connectivity index is 1.94. The molecule has 0 saturated carbocycles. The van der Waals surface area contributed by atoms with Crippen LogP contribution in [-0.2, 0) is 6.42 Å². The molecule has 0 unspecified atom stereocenters. The third-order valence-corrected chi connectivity index (χ3v) is 6.01. The summed E-state index contributed by atoms with van der Waals surface area (Å²) in [6, 6.07) is 10.4. The van der Waals surface area contributed by atoms with Gasteiger partial charge >= 0.3 is 0 Å². The molecule has 4 rings (SSSR count). The fraction of sp³-hybridized carbons (Fsp3) is 0.409. The van der Waals surface area contributed by atoms with Crippen molar-refractivity contribution < 1.29 is 9.13 Å². The molecule has 0 fully saturated rings. The fourth-order valence-electron chi connectivity index (χ4n) is 4.36. The quantitative estimate of drug-likeness (QED) is 0.582. The van der Waals surface area contributed by atoms with Gasteiger partial charge in [0.05, 0.1) is 24.9 Å². The fourth-order valence-corrected chi connectivity index (χ4v) is 4.70. The van der Waals surface area contributed by atoms with Crippen LogP contribution in [-0.4, -0.2) is 40.5 Å². The zero-order valence-electron chi connectivity index (χ0n) is 16.6. The monoisotopic (exact) mass is 445 g/mol. The molecule has 3 aromatic rings. The highest BCUT2D eigenvalue weighted by molar-refractivity contribution is 9.10. The molecular weight excluding hydrogens is 421 g/mol. The number of halogens is 2. The lowest BCUT2D eigenvalue weighted by Gasteiger charge is -2.44. The minimum absolute atomic E-state index is 0.0869. The Kier molecular flexibility index (Phi) is 4.96. The Bertz CT molecular complexity index is 1010. The number of aromatic nitrogens is 2. The molecule has 0 saturated heterocycles. The molecule has 1 aliphatic heterocycles. The van der Waals surface area contributed by atoms with Crippen LogP contribution < -0.4 is 4.74 Å². The number of fused-ring (bicyclic) bond motifs is 3. The first-order valence-corrected chi connectivity index (χ1v) is 10.3. The molecule has 0 bridgehead atoms. The normalized spacial score (nSPS) is 20.4. The first kappa shape index (κ1) is 19.4. The van der Waals surface area contributed by atoms with Crippen LogP contribution in [0.15, 0.2) is 41.0 Å². The van der Waals surface area contributed by atoms with Crippen LogP contribution in [0.4, 0.5) is 4.39 Å². The molecule has 0 amide bonds. The van der Waals surface area contributed by atoms with Gasteiger partial charge in [-0.1, -0.05) is 28.1 Å². The Morgan fingerprint density at radius 1 is 1.29 bits per heavy atom. The third-order valence-electron chi connectivity index (χ3n) is 5.51. The molecule has 6 heteroatoms. The average Bonchev–Trinajstić information content (AvgIpc) is 3.11. The number of benzene rings is 2. The maximum Gasteiger partial charge on any atom is 0.125 e. The Labute approximate surface area is 173 Å². The number of alkyl halides is 1. The van der Waals surface area contributed by atoms with Crippen LogP contribution in [0.1, 0.15) is 43.5 Å². The molecule has 0 radical (unpaired) electrons. The summed E-state index contributed by atoms with van der Waals surface area (Å²) in [5.74, 6) is 0.799. The first-order chi connectivity index (χ1) is 13.3. The minimum atomic E-state index is -1.30. The SMILES string of the molecule is COc1cc(Br)ccc1[C@@H]1c2ccc3[nH]ncc3c2C[C@@H](C)N1CC(C)(C)F. The van der Waals surface area contributed by atoms with E-state index in [1.54, 1.807) is 21.0 Å². The van der Waals surface area contributed by atoms with E-state index < -0.39 is 5.67 Å². The topological polar surface area (TPSA) is 41.1 Å². The summed E-state index contributed by atoms with van der Waals surface area (Å²) in [6.07, 6.45) is 2.75. The molecular formula is C22H25BrFN3O. The van der Waals surface area contributed by atoms with Crippen molar-refractivity contribution in [3.8, 4) is 5.75 Å². The lowest BCUT2D eigenvalue weighted by Crippen LogP contribution is -2.47. The highest BCUT2D eigenvalue weighted by atomic mass is 79.9. The largest absolute Gasteiger partial charge is 0.496 e. The number of ether oxygens (including phenoxy) is 1. The third kappa shape index (κ3) is 3.44. The van der Waals surface area contributed by atoms with Crippen LogP contribution in [0.3, 0.4) is 0 Å². The predicted molar refractivity (Wildman–Crippen MR) is 114 cm³/mol. The number of nitrogens with zero attached hydrogens (tertiary/aromatic N) is 2. The smallest absolute Gasteiger partial charge is 0.125 e. The van der Waals surface area contributed by atoms with Gasteiger partial charge < -0.3 is 4.74 Å². The highest BCUT2D eigenvalue weighted by Crippen LogP contribution is 2.44. The van der Waals surface area contributed by atoms with Gasteiger partial charge in [0, 0.05) is 28.0 Å². The van der Waals surface area contributed by atoms with Gasteiger partial charge in [-0.3, -0.25) is 10.00 Å². The van der Waals surface area contributed by atoms with Crippen molar-refractivity contribution in [1.82, 2.24) is 15.1 Å². The molecule has 0 aliphatic carbocycles. The second-order valence-corrected chi connectivity index (χ2v) is 9.11. The summed E-state index contributed by atoms with van der Waals surface area (Å²) in [7, 11) is 1.68. The molecule has 1 N–H and O–H groups in total. The van der Waals surface area contributed by atoms with Crippen LogP contribution in [0, 0.1) is 0 Å². The summed E-state index contributed by atoms with van der Waals surface area (Å²) < 4.78 is 21.4. The van der Waals surface area contributed by atoms with E-state index in [1.807, 2.05) is 18.3 Å². The number of methoxy groups -OCH3 is 1. The standard InChI is InChI=1S/C22H25BrFN3O/c1-13-9-17-15(7-8-19-18(17)11-25-26-19)21(27(13)12-22(2,3)24)16-6-5-14(23)10-20(16)28-4/h5-8,10-11,13,21H,9,12H2,1-4H3,(H,25,26)/t13-,21+/m1/s1. The van der Waals surface area contributed by atoms with Crippen LogP contribution >= 0.6 is 15.9 Å². The number of aromatic amines is 1. The van der Waals surface area contributed by atoms with E-state index in [0.29, 0.717) is 6.54 Å². The van der Waals surface area contributed by atoms with Crippen molar-refractivity contribution in [1.29, 1.82) is 0 Å². The number of hydrogen-bond donors (Lipinski definition) is 1. The molecule has 0 spiro atoms. The lowest BCUT2D eigenvalue weighted by atomic mass is 9.82. The van der Waals surface area contributed by atoms with E-state index in [-0.39, 0.29) is 12.1 Å². The van der Waals surface area contributed by atoms with E-state index in [9.17, 15) is 4.39 Å². The molecule has 148 valence electrons. The van der Waals surface area contributed by atoms with E-state index in [0.717, 1.165) is 33.1 Å². The molecule has 28 heavy (non-hydrogen) atoms. The number of nitrogens with one attached hydrogen (secondary N) is 1.